The van der Waals surface area contributed by atoms with Crippen molar-refractivity contribution in [3.8, 4) is 11.1 Å². The summed E-state index contributed by atoms with van der Waals surface area (Å²) in [6.45, 7) is 8.59. The number of piperidine rings is 2. The minimum Gasteiger partial charge on any atom is -0.339 e. The number of hydrogen-bond donors (Lipinski definition) is 1. The number of hydrogen-bond acceptors (Lipinski definition) is 4. The van der Waals surface area contributed by atoms with Crippen molar-refractivity contribution in [3.05, 3.63) is 71.5 Å². The minimum atomic E-state index is 0.0361. The van der Waals surface area contributed by atoms with E-state index in [0.717, 1.165) is 75.2 Å². The van der Waals surface area contributed by atoms with Crippen LogP contribution < -0.4 is 5.32 Å². The van der Waals surface area contributed by atoms with Crippen LogP contribution in [0, 0.1) is 12.8 Å². The van der Waals surface area contributed by atoms with Crippen LogP contribution >= 0.6 is 0 Å². The number of likely N-dealkylation sites (tertiary alicyclic amines) is 2. The van der Waals surface area contributed by atoms with Crippen molar-refractivity contribution in [2.75, 3.05) is 38.0 Å². The summed E-state index contributed by atoms with van der Waals surface area (Å²) < 4.78 is 1.82. The number of anilines is 1. The maximum atomic E-state index is 13.4. The maximum Gasteiger partial charge on any atom is 0.253 e. The van der Waals surface area contributed by atoms with Crippen LogP contribution in [0.1, 0.15) is 60.0 Å². The number of nitrogens with one attached hydrogen (secondary N) is 1. The molecule has 0 radical (unpaired) electrons. The number of amides is 2. The van der Waals surface area contributed by atoms with Crippen LogP contribution in [0.3, 0.4) is 0 Å². The Morgan fingerprint density at radius 1 is 0.947 bits per heavy atom. The molecule has 0 saturated carbocycles. The van der Waals surface area contributed by atoms with Gasteiger partial charge >= 0.3 is 0 Å². The molecular weight excluding hydrogens is 474 g/mol. The van der Waals surface area contributed by atoms with Gasteiger partial charge in [-0.05, 0) is 87.0 Å². The highest BCUT2D eigenvalue weighted by Crippen LogP contribution is 2.31. The molecule has 0 aliphatic carbocycles. The topological polar surface area (TPSA) is 70.5 Å². The Bertz CT molecular complexity index is 1270. The van der Waals surface area contributed by atoms with Gasteiger partial charge in [-0.3, -0.25) is 14.3 Å². The van der Waals surface area contributed by atoms with Gasteiger partial charge < -0.3 is 15.1 Å². The number of aromatic nitrogens is 2. The van der Waals surface area contributed by atoms with E-state index >= 15 is 0 Å². The molecular formula is C31H39N5O2. The Kier molecular flexibility index (Phi) is 7.93. The molecule has 0 bridgehead atoms. The summed E-state index contributed by atoms with van der Waals surface area (Å²) in [4.78, 5) is 30.6. The van der Waals surface area contributed by atoms with E-state index in [9.17, 15) is 9.59 Å². The van der Waals surface area contributed by atoms with E-state index in [2.05, 4.69) is 46.5 Å². The first-order valence-electron chi connectivity index (χ1n) is 13.9. The molecule has 3 heterocycles. The lowest BCUT2D eigenvalue weighted by atomic mass is 9.88. The van der Waals surface area contributed by atoms with Crippen LogP contribution in [0.25, 0.3) is 11.1 Å². The Balaban J connectivity index is 1.17. The summed E-state index contributed by atoms with van der Waals surface area (Å²) in [5.74, 6) is 0.606. The second-order valence-electron chi connectivity index (χ2n) is 10.8. The maximum absolute atomic E-state index is 13.4. The van der Waals surface area contributed by atoms with E-state index in [-0.39, 0.29) is 17.7 Å². The van der Waals surface area contributed by atoms with Crippen molar-refractivity contribution in [1.82, 2.24) is 19.6 Å². The van der Waals surface area contributed by atoms with Crippen LogP contribution in [0.4, 0.5) is 5.69 Å². The fourth-order valence-electron chi connectivity index (χ4n) is 5.75. The molecule has 3 aromatic rings. The van der Waals surface area contributed by atoms with Gasteiger partial charge in [-0.15, -0.1) is 0 Å². The number of benzene rings is 2. The van der Waals surface area contributed by atoms with E-state index < -0.39 is 0 Å². The van der Waals surface area contributed by atoms with E-state index in [1.165, 1.54) is 11.1 Å². The van der Waals surface area contributed by atoms with Gasteiger partial charge in [-0.25, -0.2) is 0 Å². The normalized spacial score (nSPS) is 17.5. The van der Waals surface area contributed by atoms with Gasteiger partial charge in [-0.2, -0.15) is 5.10 Å². The molecule has 7 heteroatoms. The molecule has 2 aliphatic rings. The Morgan fingerprint density at radius 3 is 2.29 bits per heavy atom. The van der Waals surface area contributed by atoms with Crippen LogP contribution in [-0.4, -0.2) is 64.1 Å². The predicted octanol–water partition coefficient (Wildman–Crippen LogP) is 5.09. The molecule has 7 nitrogen and oxygen atoms in total. The molecule has 1 N–H and O–H groups in total. The third-order valence-electron chi connectivity index (χ3n) is 8.35. The lowest BCUT2D eigenvalue weighted by molar-refractivity contribution is -0.121. The standard InChI is InChI=1S/C31H39N5O2/c1-4-35-15-11-26(12-16-35)30(37)33-29-19-27(6-5-22(29)2)31(38)36-17-13-25(14-18-36)23-7-9-24(10-8-23)28-20-32-34(3)21-28/h5-10,19-21,25-26H,4,11-18H2,1-3H3,(H,33,37). The summed E-state index contributed by atoms with van der Waals surface area (Å²) in [6, 6.07) is 14.4. The molecule has 2 amide bonds. The highest BCUT2D eigenvalue weighted by atomic mass is 16.2. The van der Waals surface area contributed by atoms with Crippen molar-refractivity contribution < 1.29 is 9.59 Å². The third-order valence-corrected chi connectivity index (χ3v) is 8.35. The monoisotopic (exact) mass is 513 g/mol. The summed E-state index contributed by atoms with van der Waals surface area (Å²) in [6.07, 6.45) is 7.58. The number of nitrogens with zero attached hydrogens (tertiary/aromatic N) is 4. The molecule has 200 valence electrons. The number of carbonyl (C=O) groups is 2. The second-order valence-corrected chi connectivity index (χ2v) is 10.8. The van der Waals surface area contributed by atoms with Gasteiger partial charge in [0, 0.05) is 49.1 Å². The zero-order valence-corrected chi connectivity index (χ0v) is 22.8. The first-order chi connectivity index (χ1) is 18.4. The zero-order chi connectivity index (χ0) is 26.6. The zero-order valence-electron chi connectivity index (χ0n) is 22.8. The lowest BCUT2D eigenvalue weighted by Gasteiger charge is -2.32. The van der Waals surface area contributed by atoms with Gasteiger partial charge in [-0.1, -0.05) is 37.3 Å². The van der Waals surface area contributed by atoms with Crippen molar-refractivity contribution in [1.29, 1.82) is 0 Å². The molecule has 1 aromatic heterocycles. The van der Waals surface area contributed by atoms with Crippen molar-refractivity contribution in [2.45, 2.75) is 45.4 Å². The Labute approximate surface area is 225 Å². The van der Waals surface area contributed by atoms with E-state index in [0.29, 0.717) is 11.5 Å². The molecule has 2 saturated heterocycles. The van der Waals surface area contributed by atoms with Gasteiger partial charge in [0.25, 0.3) is 5.91 Å². The van der Waals surface area contributed by atoms with Crippen LogP contribution in [0.2, 0.25) is 0 Å². The first-order valence-corrected chi connectivity index (χ1v) is 13.9. The van der Waals surface area contributed by atoms with Gasteiger partial charge in [0.15, 0.2) is 0 Å². The number of rotatable bonds is 6. The van der Waals surface area contributed by atoms with Gasteiger partial charge in [0.05, 0.1) is 6.20 Å². The van der Waals surface area contributed by atoms with Crippen LogP contribution in [-0.2, 0) is 11.8 Å². The highest BCUT2D eigenvalue weighted by Gasteiger charge is 2.27. The average molecular weight is 514 g/mol. The second kappa shape index (κ2) is 11.5. The summed E-state index contributed by atoms with van der Waals surface area (Å²) in [5, 5.41) is 7.39. The molecule has 38 heavy (non-hydrogen) atoms. The van der Waals surface area contributed by atoms with Crippen molar-refractivity contribution in [3.63, 3.8) is 0 Å². The number of carbonyl (C=O) groups excluding carboxylic acids is 2. The highest BCUT2D eigenvalue weighted by molar-refractivity contribution is 5.98. The Hall–Kier alpha value is -3.45. The number of aryl methyl sites for hydroxylation is 2. The molecule has 0 unspecified atom stereocenters. The fraction of sp³-hybridized carbons (Fsp3) is 0.452. The SMILES string of the molecule is CCN1CCC(C(=O)Nc2cc(C(=O)N3CCC(c4ccc(-c5cnn(C)c5)cc4)CC3)ccc2C)CC1. The summed E-state index contributed by atoms with van der Waals surface area (Å²) in [7, 11) is 1.93. The minimum absolute atomic E-state index is 0.0361. The van der Waals surface area contributed by atoms with Crippen LogP contribution in [0.5, 0.6) is 0 Å². The predicted molar refractivity (Wildman–Crippen MR) is 151 cm³/mol. The molecule has 0 spiro atoms. The molecule has 2 aliphatic heterocycles. The van der Waals surface area contributed by atoms with Crippen molar-refractivity contribution >= 4 is 17.5 Å². The first kappa shape index (κ1) is 26.2. The third kappa shape index (κ3) is 5.83. The summed E-state index contributed by atoms with van der Waals surface area (Å²) in [5.41, 5.74) is 6.00. The largest absolute Gasteiger partial charge is 0.339 e. The Morgan fingerprint density at radius 2 is 1.66 bits per heavy atom. The lowest BCUT2D eigenvalue weighted by Crippen LogP contribution is -2.38. The van der Waals surface area contributed by atoms with Gasteiger partial charge in [0.1, 0.15) is 0 Å². The molecule has 0 atom stereocenters. The summed E-state index contributed by atoms with van der Waals surface area (Å²) >= 11 is 0. The quantitative estimate of drug-likeness (QED) is 0.499. The average Bonchev–Trinajstić information content (AvgIpc) is 3.40. The van der Waals surface area contributed by atoms with Crippen molar-refractivity contribution in [2.24, 2.45) is 13.0 Å². The molecule has 5 rings (SSSR count). The van der Waals surface area contributed by atoms with E-state index in [1.54, 1.807) is 0 Å². The van der Waals surface area contributed by atoms with Gasteiger partial charge in [0.2, 0.25) is 5.91 Å². The van der Waals surface area contributed by atoms with E-state index in [1.807, 2.05) is 54.1 Å². The smallest absolute Gasteiger partial charge is 0.253 e. The molecule has 2 aromatic carbocycles. The van der Waals surface area contributed by atoms with Crippen LogP contribution in [0.15, 0.2) is 54.9 Å². The fourth-order valence-corrected chi connectivity index (χ4v) is 5.75. The molecule has 2 fully saturated rings. The van der Waals surface area contributed by atoms with E-state index in [4.69, 9.17) is 0 Å².